The third-order valence-electron chi connectivity index (χ3n) is 4.63. The second-order valence-electron chi connectivity index (χ2n) is 6.42. The van der Waals surface area contributed by atoms with Crippen LogP contribution >= 0.6 is 22.6 Å². The van der Waals surface area contributed by atoms with Crippen LogP contribution < -0.4 is 5.73 Å². The summed E-state index contributed by atoms with van der Waals surface area (Å²) in [5.74, 6) is 0. The van der Waals surface area contributed by atoms with Gasteiger partial charge in [0.1, 0.15) is 0 Å². The van der Waals surface area contributed by atoms with Crippen LogP contribution in [0.15, 0.2) is 73.2 Å². The fourth-order valence-electron chi connectivity index (χ4n) is 3.41. The van der Waals surface area contributed by atoms with Crippen molar-refractivity contribution in [1.29, 1.82) is 0 Å². The molecule has 0 atom stereocenters. The fraction of sp³-hybridized carbons (Fsp3) is 0.136. The highest BCUT2D eigenvalue weighted by Gasteiger charge is 2.10. The largest absolute Gasteiger partial charge is 0.343 e. The maximum absolute atomic E-state index is 5.84. The van der Waals surface area contributed by atoms with Gasteiger partial charge in [0.05, 0.1) is 0 Å². The zero-order chi connectivity index (χ0) is 17.9. The lowest BCUT2D eigenvalue weighted by atomic mass is 10.0. The van der Waals surface area contributed by atoms with E-state index in [2.05, 4.69) is 92.9 Å². The average Bonchev–Trinajstić information content (AvgIpc) is 3.00. The number of fused-ring (bicyclic) bond motifs is 1. The molecule has 0 spiro atoms. The van der Waals surface area contributed by atoms with Crippen molar-refractivity contribution in [2.45, 2.75) is 13.0 Å². The molecule has 0 aliphatic rings. The Morgan fingerprint density at radius 1 is 0.962 bits per heavy atom. The molecule has 0 radical (unpaired) electrons. The summed E-state index contributed by atoms with van der Waals surface area (Å²) in [4.78, 5) is 4.12. The van der Waals surface area contributed by atoms with Crippen molar-refractivity contribution < 1.29 is 0 Å². The number of halogens is 1. The molecule has 2 heterocycles. The van der Waals surface area contributed by atoms with Gasteiger partial charge in [0, 0.05) is 39.6 Å². The minimum absolute atomic E-state index is 0.661. The van der Waals surface area contributed by atoms with E-state index < -0.39 is 0 Å². The summed E-state index contributed by atoms with van der Waals surface area (Å²) in [5, 5.41) is 1.29. The van der Waals surface area contributed by atoms with E-state index in [1.807, 2.05) is 12.4 Å². The third kappa shape index (κ3) is 3.52. The summed E-state index contributed by atoms with van der Waals surface area (Å²) in [5.41, 5.74) is 12.1. The van der Waals surface area contributed by atoms with E-state index in [4.69, 9.17) is 5.73 Å². The number of pyridine rings is 1. The first-order valence-electron chi connectivity index (χ1n) is 8.71. The van der Waals surface area contributed by atoms with Gasteiger partial charge in [-0.2, -0.15) is 0 Å². The molecule has 0 fully saturated rings. The van der Waals surface area contributed by atoms with E-state index in [1.54, 1.807) is 0 Å². The van der Waals surface area contributed by atoms with Gasteiger partial charge in [-0.15, -0.1) is 0 Å². The maximum atomic E-state index is 5.84. The summed E-state index contributed by atoms with van der Waals surface area (Å²) in [6.45, 7) is 1.52. The Morgan fingerprint density at radius 2 is 1.81 bits per heavy atom. The molecule has 2 aromatic carbocycles. The van der Waals surface area contributed by atoms with Gasteiger partial charge in [0.25, 0.3) is 0 Å². The van der Waals surface area contributed by atoms with Crippen LogP contribution in [0.4, 0.5) is 0 Å². The molecule has 0 unspecified atom stereocenters. The van der Waals surface area contributed by atoms with Crippen molar-refractivity contribution in [3.05, 3.63) is 87.9 Å². The number of nitrogens with zero attached hydrogens (tertiary/aromatic N) is 2. The Kier molecular flexibility index (Phi) is 5.04. The average molecular weight is 453 g/mol. The lowest BCUT2D eigenvalue weighted by Gasteiger charge is -2.08. The molecular formula is C22H20IN3. The van der Waals surface area contributed by atoms with Crippen LogP contribution in [0.25, 0.3) is 22.0 Å². The van der Waals surface area contributed by atoms with Crippen molar-refractivity contribution in [2.75, 3.05) is 6.54 Å². The van der Waals surface area contributed by atoms with E-state index in [0.29, 0.717) is 6.54 Å². The smallest absolute Gasteiger partial charge is 0.0492 e. The number of hydrogen-bond donors (Lipinski definition) is 1. The first-order valence-corrected chi connectivity index (χ1v) is 9.79. The molecule has 0 bridgehead atoms. The van der Waals surface area contributed by atoms with Crippen molar-refractivity contribution in [2.24, 2.45) is 5.73 Å². The van der Waals surface area contributed by atoms with Gasteiger partial charge in [-0.25, -0.2) is 0 Å². The standard InChI is InChI=1S/C22H20IN3/c23-20-3-1-2-16(12-20)14-26-15-19(6-9-24)21-5-4-18(13-22(21)26)17-7-10-25-11-8-17/h1-5,7-8,10-13,15H,6,9,14,24H2. The Balaban J connectivity index is 1.82. The highest BCUT2D eigenvalue weighted by Crippen LogP contribution is 2.28. The van der Waals surface area contributed by atoms with Gasteiger partial charge >= 0.3 is 0 Å². The first kappa shape index (κ1) is 17.2. The Labute approximate surface area is 167 Å². The molecule has 4 heteroatoms. The summed E-state index contributed by atoms with van der Waals surface area (Å²) in [6.07, 6.45) is 6.83. The quantitative estimate of drug-likeness (QED) is 0.439. The topological polar surface area (TPSA) is 43.8 Å². The monoisotopic (exact) mass is 453 g/mol. The maximum Gasteiger partial charge on any atom is 0.0492 e. The number of rotatable bonds is 5. The third-order valence-corrected chi connectivity index (χ3v) is 5.31. The Morgan fingerprint density at radius 3 is 2.58 bits per heavy atom. The molecular weight excluding hydrogens is 433 g/mol. The van der Waals surface area contributed by atoms with Crippen LogP contribution in [-0.4, -0.2) is 16.1 Å². The zero-order valence-electron chi connectivity index (χ0n) is 14.4. The Bertz CT molecular complexity index is 1040. The van der Waals surface area contributed by atoms with Crippen LogP contribution in [0.3, 0.4) is 0 Å². The summed E-state index contributed by atoms with van der Waals surface area (Å²) in [6, 6.07) is 19.5. The molecule has 4 aromatic rings. The molecule has 0 amide bonds. The van der Waals surface area contributed by atoms with E-state index in [1.165, 1.54) is 36.7 Å². The number of benzene rings is 2. The molecule has 130 valence electrons. The fourth-order valence-corrected chi connectivity index (χ4v) is 4.02. The van der Waals surface area contributed by atoms with E-state index in [9.17, 15) is 0 Å². The van der Waals surface area contributed by atoms with Gasteiger partial charge in [-0.1, -0.05) is 24.3 Å². The SMILES string of the molecule is NCCc1cn(Cc2cccc(I)c2)c2cc(-c3ccncc3)ccc12. The predicted molar refractivity (Wildman–Crippen MR) is 116 cm³/mol. The highest BCUT2D eigenvalue weighted by atomic mass is 127. The summed E-state index contributed by atoms with van der Waals surface area (Å²) < 4.78 is 3.60. The Hall–Kier alpha value is -2.18. The van der Waals surface area contributed by atoms with Crippen LogP contribution in [0.5, 0.6) is 0 Å². The second kappa shape index (κ2) is 7.60. The number of aromatic nitrogens is 2. The van der Waals surface area contributed by atoms with Crippen molar-refractivity contribution in [3.8, 4) is 11.1 Å². The predicted octanol–water partition coefficient (Wildman–Crippen LogP) is 4.86. The minimum atomic E-state index is 0.661. The van der Waals surface area contributed by atoms with E-state index in [0.717, 1.165) is 13.0 Å². The van der Waals surface area contributed by atoms with E-state index in [-0.39, 0.29) is 0 Å². The van der Waals surface area contributed by atoms with Gasteiger partial charge < -0.3 is 10.3 Å². The number of nitrogens with two attached hydrogens (primary N) is 1. The van der Waals surface area contributed by atoms with Gasteiger partial charge in [0.15, 0.2) is 0 Å². The second-order valence-corrected chi connectivity index (χ2v) is 7.66. The van der Waals surface area contributed by atoms with Crippen LogP contribution in [0, 0.1) is 3.57 Å². The van der Waals surface area contributed by atoms with Crippen molar-refractivity contribution in [3.63, 3.8) is 0 Å². The molecule has 3 nitrogen and oxygen atoms in total. The molecule has 0 aliphatic heterocycles. The molecule has 0 saturated heterocycles. The summed E-state index contributed by atoms with van der Waals surface area (Å²) in [7, 11) is 0. The molecule has 4 rings (SSSR count). The molecule has 26 heavy (non-hydrogen) atoms. The van der Waals surface area contributed by atoms with E-state index >= 15 is 0 Å². The zero-order valence-corrected chi connectivity index (χ0v) is 16.6. The first-order chi connectivity index (χ1) is 12.7. The van der Waals surface area contributed by atoms with Crippen LogP contribution in [0.1, 0.15) is 11.1 Å². The van der Waals surface area contributed by atoms with Crippen LogP contribution in [-0.2, 0) is 13.0 Å². The van der Waals surface area contributed by atoms with Crippen molar-refractivity contribution >= 4 is 33.5 Å². The number of hydrogen-bond acceptors (Lipinski definition) is 2. The normalized spacial score (nSPS) is 11.2. The highest BCUT2D eigenvalue weighted by molar-refractivity contribution is 14.1. The minimum Gasteiger partial charge on any atom is -0.343 e. The lowest BCUT2D eigenvalue weighted by molar-refractivity contribution is 0.827. The lowest BCUT2D eigenvalue weighted by Crippen LogP contribution is -2.02. The molecule has 0 aliphatic carbocycles. The molecule has 2 N–H and O–H groups in total. The van der Waals surface area contributed by atoms with Crippen LogP contribution in [0.2, 0.25) is 0 Å². The van der Waals surface area contributed by atoms with Crippen molar-refractivity contribution in [1.82, 2.24) is 9.55 Å². The molecule has 2 aromatic heterocycles. The van der Waals surface area contributed by atoms with Gasteiger partial charge in [-0.05, 0) is 88.1 Å². The summed E-state index contributed by atoms with van der Waals surface area (Å²) >= 11 is 2.37. The van der Waals surface area contributed by atoms with Gasteiger partial charge in [-0.3, -0.25) is 4.98 Å². The molecule has 0 saturated carbocycles. The van der Waals surface area contributed by atoms with Gasteiger partial charge in [0.2, 0.25) is 0 Å².